The molecule has 1 N–H and O–H groups in total. The maximum Gasteiger partial charge on any atom is 0.416 e. The molecule has 0 radical (unpaired) electrons. The van der Waals surface area contributed by atoms with Gasteiger partial charge in [-0.15, -0.1) is 10.2 Å². The van der Waals surface area contributed by atoms with E-state index >= 15 is 0 Å². The summed E-state index contributed by atoms with van der Waals surface area (Å²) in [6.07, 6.45) is -2.29. The molecular weight excluding hydrogens is 251 g/mol. The van der Waals surface area contributed by atoms with Gasteiger partial charge in [-0.3, -0.25) is 4.57 Å². The van der Waals surface area contributed by atoms with E-state index in [9.17, 15) is 18.0 Å². The Morgan fingerprint density at radius 1 is 1.22 bits per heavy atom. The van der Waals surface area contributed by atoms with E-state index in [1.807, 2.05) is 0 Å². The Labute approximate surface area is 98.5 Å². The predicted octanol–water partition coefficient (Wildman–Crippen LogP) is 1.98. The van der Waals surface area contributed by atoms with Crippen molar-refractivity contribution in [3.05, 3.63) is 42.0 Å². The molecule has 0 aliphatic rings. The Kier molecular flexibility index (Phi) is 2.77. The van der Waals surface area contributed by atoms with Crippen LogP contribution in [0.3, 0.4) is 0 Å². The van der Waals surface area contributed by atoms with Crippen LogP contribution in [0.1, 0.15) is 15.9 Å². The van der Waals surface area contributed by atoms with Crippen molar-refractivity contribution in [2.45, 2.75) is 6.18 Å². The summed E-state index contributed by atoms with van der Waals surface area (Å²) in [5, 5.41) is 15.8. The number of carboxylic acids is 1. The molecule has 18 heavy (non-hydrogen) atoms. The molecule has 0 atom stereocenters. The number of hydrogen-bond donors (Lipinski definition) is 1. The van der Waals surface area contributed by atoms with Crippen molar-refractivity contribution in [1.29, 1.82) is 0 Å². The van der Waals surface area contributed by atoms with Crippen molar-refractivity contribution in [2.24, 2.45) is 0 Å². The lowest BCUT2D eigenvalue weighted by Crippen LogP contribution is -2.10. The first-order valence-electron chi connectivity index (χ1n) is 4.69. The molecule has 8 heteroatoms. The van der Waals surface area contributed by atoms with E-state index < -0.39 is 17.7 Å². The lowest BCUT2D eigenvalue weighted by atomic mass is 10.1. The van der Waals surface area contributed by atoms with Gasteiger partial charge in [0.15, 0.2) is 0 Å². The quantitative estimate of drug-likeness (QED) is 0.893. The van der Waals surface area contributed by atoms with Crippen LogP contribution < -0.4 is 0 Å². The summed E-state index contributed by atoms with van der Waals surface area (Å²) >= 11 is 0. The van der Waals surface area contributed by atoms with E-state index in [1.54, 1.807) is 0 Å². The summed E-state index contributed by atoms with van der Waals surface area (Å²) in [6, 6.07) is 2.37. The Balaban J connectivity index is 2.63. The first-order chi connectivity index (χ1) is 8.39. The molecule has 0 bridgehead atoms. The van der Waals surface area contributed by atoms with E-state index in [4.69, 9.17) is 5.11 Å². The van der Waals surface area contributed by atoms with Crippen molar-refractivity contribution in [3.8, 4) is 5.69 Å². The number of rotatable bonds is 2. The van der Waals surface area contributed by atoms with Gasteiger partial charge in [-0.05, 0) is 18.2 Å². The molecule has 0 saturated carbocycles. The highest BCUT2D eigenvalue weighted by atomic mass is 19.4. The summed E-state index contributed by atoms with van der Waals surface area (Å²) in [6.45, 7) is 0. The molecule has 0 spiro atoms. The summed E-state index contributed by atoms with van der Waals surface area (Å²) in [5.74, 6) is -1.33. The molecule has 0 fully saturated rings. The smallest absolute Gasteiger partial charge is 0.416 e. The van der Waals surface area contributed by atoms with Crippen LogP contribution in [-0.4, -0.2) is 25.8 Å². The zero-order valence-electron chi connectivity index (χ0n) is 8.72. The maximum absolute atomic E-state index is 12.6. The zero-order valence-corrected chi connectivity index (χ0v) is 8.72. The van der Waals surface area contributed by atoms with Crippen LogP contribution in [0.25, 0.3) is 5.69 Å². The standard InChI is InChI=1S/C10H6F3N3O2/c11-10(12,13)6-1-2-7(9(17)18)8(3-6)16-4-14-15-5-16/h1-5H,(H,17,18). The maximum atomic E-state index is 12.6. The first-order valence-corrected chi connectivity index (χ1v) is 4.69. The molecule has 0 aliphatic heterocycles. The predicted molar refractivity (Wildman–Crippen MR) is 53.3 cm³/mol. The number of carboxylic acid groups (broad SMARTS) is 1. The van der Waals surface area contributed by atoms with Crippen LogP contribution in [-0.2, 0) is 6.18 Å². The molecule has 1 heterocycles. The van der Waals surface area contributed by atoms with E-state index in [-0.39, 0.29) is 11.3 Å². The molecule has 5 nitrogen and oxygen atoms in total. The lowest BCUT2D eigenvalue weighted by Gasteiger charge is -2.11. The first kappa shape index (κ1) is 12.1. The lowest BCUT2D eigenvalue weighted by molar-refractivity contribution is -0.137. The van der Waals surface area contributed by atoms with Crippen molar-refractivity contribution >= 4 is 5.97 Å². The van der Waals surface area contributed by atoms with Crippen molar-refractivity contribution in [1.82, 2.24) is 14.8 Å². The number of aromatic nitrogens is 3. The van der Waals surface area contributed by atoms with E-state index in [0.29, 0.717) is 0 Å². The summed E-state index contributed by atoms with van der Waals surface area (Å²) in [4.78, 5) is 10.9. The van der Waals surface area contributed by atoms with Crippen molar-refractivity contribution < 1.29 is 23.1 Å². The Morgan fingerprint density at radius 3 is 2.33 bits per heavy atom. The fourth-order valence-corrected chi connectivity index (χ4v) is 1.43. The molecule has 0 aliphatic carbocycles. The number of halogens is 3. The largest absolute Gasteiger partial charge is 0.478 e. The molecule has 1 aromatic carbocycles. The van der Waals surface area contributed by atoms with Gasteiger partial charge in [0.2, 0.25) is 0 Å². The van der Waals surface area contributed by atoms with E-state index in [0.717, 1.165) is 35.4 Å². The summed E-state index contributed by atoms with van der Waals surface area (Å²) in [5.41, 5.74) is -1.33. The second kappa shape index (κ2) is 4.13. The normalized spacial score (nSPS) is 11.5. The van der Waals surface area contributed by atoms with Crippen LogP contribution >= 0.6 is 0 Å². The summed E-state index contributed by atoms with van der Waals surface area (Å²) < 4.78 is 38.8. The highest BCUT2D eigenvalue weighted by molar-refractivity contribution is 5.92. The highest BCUT2D eigenvalue weighted by Gasteiger charge is 2.31. The molecule has 2 aromatic rings. The number of aromatic carboxylic acids is 1. The van der Waals surface area contributed by atoms with Crippen LogP contribution in [0.15, 0.2) is 30.9 Å². The molecule has 94 valence electrons. The number of benzene rings is 1. The van der Waals surface area contributed by atoms with Crippen LogP contribution in [0.5, 0.6) is 0 Å². The number of carbonyl (C=O) groups is 1. The average Bonchev–Trinajstić information content (AvgIpc) is 2.80. The van der Waals surface area contributed by atoms with E-state index in [1.165, 1.54) is 0 Å². The topological polar surface area (TPSA) is 68.0 Å². The van der Waals surface area contributed by atoms with E-state index in [2.05, 4.69) is 10.2 Å². The fourth-order valence-electron chi connectivity index (χ4n) is 1.43. The van der Waals surface area contributed by atoms with Crippen molar-refractivity contribution in [3.63, 3.8) is 0 Å². The second-order valence-corrected chi connectivity index (χ2v) is 3.40. The van der Waals surface area contributed by atoms with Gasteiger partial charge in [0, 0.05) is 0 Å². The minimum Gasteiger partial charge on any atom is -0.478 e. The van der Waals surface area contributed by atoms with Gasteiger partial charge >= 0.3 is 12.1 Å². The van der Waals surface area contributed by atoms with Gasteiger partial charge in [-0.1, -0.05) is 0 Å². The van der Waals surface area contributed by atoms with Crippen molar-refractivity contribution in [2.75, 3.05) is 0 Å². The number of hydrogen-bond acceptors (Lipinski definition) is 3. The minimum atomic E-state index is -4.54. The third-order valence-corrected chi connectivity index (χ3v) is 2.25. The molecule has 0 amide bonds. The molecular formula is C10H6F3N3O2. The molecule has 1 aromatic heterocycles. The molecule has 0 saturated heterocycles. The Morgan fingerprint density at radius 2 is 1.83 bits per heavy atom. The Bertz CT molecular complexity index is 579. The SMILES string of the molecule is O=C(O)c1ccc(C(F)(F)F)cc1-n1cnnc1. The Hall–Kier alpha value is -2.38. The van der Waals surface area contributed by atoms with Gasteiger partial charge < -0.3 is 5.11 Å². The van der Waals surface area contributed by atoms with Crippen LogP contribution in [0, 0.1) is 0 Å². The summed E-state index contributed by atoms with van der Waals surface area (Å²) in [7, 11) is 0. The molecule has 0 unspecified atom stereocenters. The fraction of sp³-hybridized carbons (Fsp3) is 0.100. The number of alkyl halides is 3. The second-order valence-electron chi connectivity index (χ2n) is 3.40. The third-order valence-electron chi connectivity index (χ3n) is 2.25. The third kappa shape index (κ3) is 2.17. The van der Waals surface area contributed by atoms with Gasteiger partial charge in [-0.2, -0.15) is 13.2 Å². The van der Waals surface area contributed by atoms with Crippen LogP contribution in [0.2, 0.25) is 0 Å². The monoisotopic (exact) mass is 257 g/mol. The van der Waals surface area contributed by atoms with Crippen LogP contribution in [0.4, 0.5) is 13.2 Å². The molecule has 2 rings (SSSR count). The highest BCUT2D eigenvalue weighted by Crippen LogP contribution is 2.31. The van der Waals surface area contributed by atoms with Gasteiger partial charge in [0.05, 0.1) is 16.8 Å². The van der Waals surface area contributed by atoms with Gasteiger partial charge in [0.1, 0.15) is 12.7 Å². The van der Waals surface area contributed by atoms with Gasteiger partial charge in [-0.25, -0.2) is 4.79 Å². The number of nitrogens with zero attached hydrogens (tertiary/aromatic N) is 3. The zero-order chi connectivity index (χ0) is 13.3. The van der Waals surface area contributed by atoms with Gasteiger partial charge in [0.25, 0.3) is 0 Å². The minimum absolute atomic E-state index is 0.137. The average molecular weight is 257 g/mol.